The van der Waals surface area contributed by atoms with E-state index in [2.05, 4.69) is 10.3 Å². The van der Waals surface area contributed by atoms with Crippen molar-refractivity contribution in [3.8, 4) is 0 Å². The maximum absolute atomic E-state index is 12.1. The van der Waals surface area contributed by atoms with Gasteiger partial charge in [0.1, 0.15) is 6.26 Å². The average Bonchev–Trinajstić information content (AvgIpc) is 2.97. The summed E-state index contributed by atoms with van der Waals surface area (Å²) in [5.41, 5.74) is 6.50. The standard InChI is InChI=1S/C14H16N4O4/c1-8(15)14-17-12(7-22-14)13(19)16-9(2)10-3-5-11(6-4-10)18(20)21/h3-9H,15H2,1-2H3,(H,16,19). The fraction of sp³-hybridized carbons (Fsp3) is 0.286. The number of nitro benzene ring substituents is 1. The molecule has 2 aromatic rings. The van der Waals surface area contributed by atoms with Crippen LogP contribution in [0.3, 0.4) is 0 Å². The molecule has 1 heterocycles. The lowest BCUT2D eigenvalue weighted by Gasteiger charge is -2.13. The van der Waals surface area contributed by atoms with Gasteiger partial charge in [-0.1, -0.05) is 12.1 Å². The molecule has 8 heteroatoms. The van der Waals surface area contributed by atoms with E-state index in [1.807, 2.05) is 0 Å². The number of carbonyl (C=O) groups excluding carboxylic acids is 1. The number of rotatable bonds is 5. The number of amides is 1. The van der Waals surface area contributed by atoms with E-state index >= 15 is 0 Å². The van der Waals surface area contributed by atoms with E-state index in [1.165, 1.54) is 18.4 Å². The topological polar surface area (TPSA) is 124 Å². The van der Waals surface area contributed by atoms with E-state index in [9.17, 15) is 14.9 Å². The third-order valence-electron chi connectivity index (χ3n) is 3.10. The molecule has 8 nitrogen and oxygen atoms in total. The molecule has 2 unspecified atom stereocenters. The number of carbonyl (C=O) groups is 1. The minimum atomic E-state index is -0.474. The normalized spacial score (nSPS) is 13.4. The van der Waals surface area contributed by atoms with Gasteiger partial charge in [-0.15, -0.1) is 0 Å². The summed E-state index contributed by atoms with van der Waals surface area (Å²) in [4.78, 5) is 26.2. The van der Waals surface area contributed by atoms with Crippen molar-refractivity contribution in [2.75, 3.05) is 0 Å². The van der Waals surface area contributed by atoms with Crippen molar-refractivity contribution in [3.05, 3.63) is 57.8 Å². The number of nitro groups is 1. The van der Waals surface area contributed by atoms with Gasteiger partial charge in [0.25, 0.3) is 11.6 Å². The summed E-state index contributed by atoms with van der Waals surface area (Å²) >= 11 is 0. The number of nitrogens with zero attached hydrogens (tertiary/aromatic N) is 2. The summed E-state index contributed by atoms with van der Waals surface area (Å²) in [6.45, 7) is 3.47. The van der Waals surface area contributed by atoms with E-state index in [0.717, 1.165) is 5.56 Å². The Labute approximate surface area is 126 Å². The molecule has 0 aliphatic rings. The molecule has 1 amide bonds. The van der Waals surface area contributed by atoms with Crippen molar-refractivity contribution < 1.29 is 14.1 Å². The van der Waals surface area contributed by atoms with Gasteiger partial charge in [0, 0.05) is 12.1 Å². The van der Waals surface area contributed by atoms with Crippen molar-refractivity contribution in [2.24, 2.45) is 5.73 Å². The number of non-ortho nitro benzene ring substituents is 1. The van der Waals surface area contributed by atoms with Crippen molar-refractivity contribution in [3.63, 3.8) is 0 Å². The molecule has 0 aliphatic carbocycles. The first-order valence-corrected chi connectivity index (χ1v) is 6.64. The van der Waals surface area contributed by atoms with E-state index in [4.69, 9.17) is 10.2 Å². The zero-order valence-electron chi connectivity index (χ0n) is 12.1. The molecule has 0 bridgehead atoms. The van der Waals surface area contributed by atoms with Gasteiger partial charge in [-0.05, 0) is 19.4 Å². The molecule has 0 saturated heterocycles. The SMILES string of the molecule is CC(N)c1nc(C(=O)NC(C)c2ccc([N+](=O)[O-])cc2)co1. The first-order valence-electron chi connectivity index (χ1n) is 6.64. The van der Waals surface area contributed by atoms with Gasteiger partial charge in [-0.25, -0.2) is 4.98 Å². The van der Waals surface area contributed by atoms with Crippen LogP contribution in [0.5, 0.6) is 0 Å². The first kappa shape index (κ1) is 15.6. The number of hydrogen-bond donors (Lipinski definition) is 2. The molecular formula is C14H16N4O4. The Morgan fingerprint density at radius 3 is 2.50 bits per heavy atom. The molecule has 2 rings (SSSR count). The first-order chi connectivity index (χ1) is 10.4. The van der Waals surface area contributed by atoms with Gasteiger partial charge in [-0.3, -0.25) is 14.9 Å². The monoisotopic (exact) mass is 304 g/mol. The van der Waals surface area contributed by atoms with Crippen LogP contribution in [0.15, 0.2) is 34.9 Å². The van der Waals surface area contributed by atoms with Gasteiger partial charge in [0.05, 0.1) is 17.0 Å². The summed E-state index contributed by atoms with van der Waals surface area (Å²) in [7, 11) is 0. The second kappa shape index (κ2) is 6.35. The van der Waals surface area contributed by atoms with Gasteiger partial charge in [0.2, 0.25) is 5.89 Å². The van der Waals surface area contributed by atoms with Gasteiger partial charge in [-0.2, -0.15) is 0 Å². The minimum Gasteiger partial charge on any atom is -0.446 e. The second-order valence-corrected chi connectivity index (χ2v) is 4.90. The Bertz CT molecular complexity index is 678. The quantitative estimate of drug-likeness (QED) is 0.643. The molecule has 3 N–H and O–H groups in total. The zero-order chi connectivity index (χ0) is 16.3. The molecule has 0 saturated carbocycles. The molecule has 0 aliphatic heterocycles. The van der Waals surface area contributed by atoms with Crippen LogP contribution in [0.4, 0.5) is 5.69 Å². The highest BCUT2D eigenvalue weighted by Crippen LogP contribution is 2.18. The van der Waals surface area contributed by atoms with Crippen molar-refractivity contribution in [1.29, 1.82) is 0 Å². The Morgan fingerprint density at radius 2 is 2.00 bits per heavy atom. The van der Waals surface area contributed by atoms with Crippen LogP contribution in [0.1, 0.15) is 47.9 Å². The molecule has 0 fully saturated rings. The smallest absolute Gasteiger partial charge is 0.273 e. The summed E-state index contributed by atoms with van der Waals surface area (Å²) in [5, 5.41) is 13.4. The van der Waals surface area contributed by atoms with Gasteiger partial charge in [0.15, 0.2) is 5.69 Å². The largest absolute Gasteiger partial charge is 0.446 e. The van der Waals surface area contributed by atoms with Crippen molar-refractivity contribution in [2.45, 2.75) is 25.9 Å². The number of benzene rings is 1. The van der Waals surface area contributed by atoms with E-state index in [-0.39, 0.29) is 23.3 Å². The van der Waals surface area contributed by atoms with E-state index < -0.39 is 16.9 Å². The highest BCUT2D eigenvalue weighted by molar-refractivity contribution is 5.92. The predicted octanol–water partition coefficient (Wildman–Crippen LogP) is 2.09. The highest BCUT2D eigenvalue weighted by Gasteiger charge is 2.17. The Kier molecular flexibility index (Phi) is 4.52. The molecule has 1 aromatic heterocycles. The Hall–Kier alpha value is -2.74. The number of nitrogens with one attached hydrogen (secondary N) is 1. The van der Waals surface area contributed by atoms with Crippen molar-refractivity contribution >= 4 is 11.6 Å². The van der Waals surface area contributed by atoms with Crippen LogP contribution in [-0.4, -0.2) is 15.8 Å². The summed E-state index contributed by atoms with van der Waals surface area (Å²) < 4.78 is 5.10. The lowest BCUT2D eigenvalue weighted by molar-refractivity contribution is -0.384. The third kappa shape index (κ3) is 3.47. The average molecular weight is 304 g/mol. The minimum absolute atomic E-state index is 0.000327. The van der Waals surface area contributed by atoms with Crippen molar-refractivity contribution in [1.82, 2.24) is 10.3 Å². The fourth-order valence-corrected chi connectivity index (χ4v) is 1.84. The van der Waals surface area contributed by atoms with Crippen LogP contribution in [0.25, 0.3) is 0 Å². The molecule has 22 heavy (non-hydrogen) atoms. The summed E-state index contributed by atoms with van der Waals surface area (Å²) in [6, 6.07) is 5.25. The van der Waals surface area contributed by atoms with Crippen LogP contribution in [0.2, 0.25) is 0 Å². The molecule has 2 atom stereocenters. The van der Waals surface area contributed by atoms with E-state index in [1.54, 1.807) is 26.0 Å². The van der Waals surface area contributed by atoms with E-state index in [0.29, 0.717) is 0 Å². The molecule has 116 valence electrons. The molecular weight excluding hydrogens is 288 g/mol. The number of hydrogen-bond acceptors (Lipinski definition) is 6. The van der Waals surface area contributed by atoms with Crippen LogP contribution in [-0.2, 0) is 0 Å². The maximum Gasteiger partial charge on any atom is 0.273 e. The molecule has 0 radical (unpaired) electrons. The molecule has 1 aromatic carbocycles. The number of nitrogens with two attached hydrogens (primary N) is 1. The van der Waals surface area contributed by atoms with Gasteiger partial charge < -0.3 is 15.5 Å². The number of oxazole rings is 1. The lowest BCUT2D eigenvalue weighted by Crippen LogP contribution is -2.27. The third-order valence-corrected chi connectivity index (χ3v) is 3.10. The Morgan fingerprint density at radius 1 is 1.36 bits per heavy atom. The van der Waals surface area contributed by atoms with Crippen LogP contribution >= 0.6 is 0 Å². The fourth-order valence-electron chi connectivity index (χ4n) is 1.84. The zero-order valence-corrected chi connectivity index (χ0v) is 12.1. The Balaban J connectivity index is 2.05. The lowest BCUT2D eigenvalue weighted by atomic mass is 10.1. The summed E-state index contributed by atoms with van der Waals surface area (Å²) in [5.74, 6) is -0.116. The molecule has 0 spiro atoms. The predicted molar refractivity (Wildman–Crippen MR) is 78.1 cm³/mol. The van der Waals surface area contributed by atoms with Gasteiger partial charge >= 0.3 is 0 Å². The highest BCUT2D eigenvalue weighted by atomic mass is 16.6. The van der Waals surface area contributed by atoms with Crippen LogP contribution in [0, 0.1) is 10.1 Å². The summed E-state index contributed by atoms with van der Waals surface area (Å²) in [6.07, 6.45) is 1.25. The second-order valence-electron chi connectivity index (χ2n) is 4.90. The number of aromatic nitrogens is 1. The van der Waals surface area contributed by atoms with Crippen LogP contribution < -0.4 is 11.1 Å². The maximum atomic E-state index is 12.1.